The highest BCUT2D eigenvalue weighted by atomic mass is 19.1. The molecule has 1 unspecified atom stereocenters. The van der Waals surface area contributed by atoms with Gasteiger partial charge < -0.3 is 14.6 Å². The molecule has 0 aromatic heterocycles. The maximum absolute atomic E-state index is 15.7. The average molecular weight is 471 g/mol. The van der Waals surface area contributed by atoms with Gasteiger partial charge in [0.15, 0.2) is 0 Å². The number of carbonyl (C=O) groups is 2. The second-order valence-electron chi connectivity index (χ2n) is 9.28. The molecule has 0 amide bonds. The fourth-order valence-corrected chi connectivity index (χ4v) is 4.85. The zero-order chi connectivity index (χ0) is 24.6. The van der Waals surface area contributed by atoms with E-state index in [1.54, 1.807) is 43.5 Å². The van der Waals surface area contributed by atoms with E-state index < -0.39 is 17.6 Å². The van der Waals surface area contributed by atoms with E-state index in [0.717, 1.165) is 31.2 Å². The SMILES string of the molecule is CCC(CCc1ccc(OC(=O)c2ccc(OC)cc2)cc1)C[C@@](F)(C(=O)O)C1CCCCC1. The average Bonchev–Trinajstić information content (AvgIpc) is 2.87. The predicted molar refractivity (Wildman–Crippen MR) is 129 cm³/mol. The fourth-order valence-electron chi connectivity index (χ4n) is 4.85. The molecule has 3 rings (SSSR count). The summed E-state index contributed by atoms with van der Waals surface area (Å²) in [7, 11) is 1.56. The molecule has 0 bridgehead atoms. The smallest absolute Gasteiger partial charge is 0.343 e. The van der Waals surface area contributed by atoms with Crippen LogP contribution < -0.4 is 9.47 Å². The van der Waals surface area contributed by atoms with Gasteiger partial charge in [0.25, 0.3) is 0 Å². The van der Waals surface area contributed by atoms with Crippen LogP contribution in [-0.4, -0.2) is 29.8 Å². The van der Waals surface area contributed by atoms with Crippen LogP contribution in [0.15, 0.2) is 48.5 Å². The van der Waals surface area contributed by atoms with Crippen molar-refractivity contribution in [2.45, 2.75) is 70.4 Å². The summed E-state index contributed by atoms with van der Waals surface area (Å²) in [5, 5.41) is 9.70. The minimum absolute atomic E-state index is 0.00407. The maximum Gasteiger partial charge on any atom is 0.343 e. The molecule has 1 aliphatic carbocycles. The quantitative estimate of drug-likeness (QED) is 0.294. The van der Waals surface area contributed by atoms with Gasteiger partial charge in [-0.3, -0.25) is 0 Å². The van der Waals surface area contributed by atoms with Crippen molar-refractivity contribution in [3.63, 3.8) is 0 Å². The first-order valence-corrected chi connectivity index (χ1v) is 12.2. The summed E-state index contributed by atoms with van der Waals surface area (Å²) < 4.78 is 26.2. The number of benzene rings is 2. The second-order valence-corrected chi connectivity index (χ2v) is 9.28. The third-order valence-corrected chi connectivity index (χ3v) is 7.07. The van der Waals surface area contributed by atoms with Crippen LogP contribution in [0, 0.1) is 11.8 Å². The van der Waals surface area contributed by atoms with E-state index in [-0.39, 0.29) is 18.3 Å². The Morgan fingerprint density at radius 3 is 2.21 bits per heavy atom. The number of esters is 1. The first-order chi connectivity index (χ1) is 16.4. The van der Waals surface area contributed by atoms with Gasteiger partial charge in [0, 0.05) is 5.92 Å². The third-order valence-electron chi connectivity index (χ3n) is 7.07. The van der Waals surface area contributed by atoms with Crippen molar-refractivity contribution in [2.75, 3.05) is 7.11 Å². The topological polar surface area (TPSA) is 72.8 Å². The molecule has 2 aromatic rings. The lowest BCUT2D eigenvalue weighted by atomic mass is 9.73. The number of methoxy groups -OCH3 is 1. The Balaban J connectivity index is 1.55. The van der Waals surface area contributed by atoms with Crippen LogP contribution >= 0.6 is 0 Å². The molecule has 184 valence electrons. The number of hydrogen-bond donors (Lipinski definition) is 1. The van der Waals surface area contributed by atoms with E-state index in [4.69, 9.17) is 9.47 Å². The summed E-state index contributed by atoms with van der Waals surface area (Å²) in [6.07, 6.45) is 6.45. The zero-order valence-electron chi connectivity index (χ0n) is 20.1. The molecule has 5 nitrogen and oxygen atoms in total. The van der Waals surface area contributed by atoms with Gasteiger partial charge in [-0.05, 0) is 80.0 Å². The van der Waals surface area contributed by atoms with Gasteiger partial charge in [-0.1, -0.05) is 44.7 Å². The molecule has 0 saturated heterocycles. The molecule has 0 heterocycles. The molecule has 0 radical (unpaired) electrons. The third kappa shape index (κ3) is 6.58. The number of alkyl halides is 1. The molecule has 34 heavy (non-hydrogen) atoms. The Morgan fingerprint density at radius 1 is 1.03 bits per heavy atom. The number of carboxylic acids is 1. The number of rotatable bonds is 11. The lowest BCUT2D eigenvalue weighted by Gasteiger charge is -2.35. The van der Waals surface area contributed by atoms with Crippen LogP contribution in [-0.2, 0) is 11.2 Å². The van der Waals surface area contributed by atoms with Crippen molar-refractivity contribution in [2.24, 2.45) is 11.8 Å². The van der Waals surface area contributed by atoms with Crippen LogP contribution in [0.5, 0.6) is 11.5 Å². The van der Waals surface area contributed by atoms with Crippen LogP contribution in [0.1, 0.15) is 74.2 Å². The minimum Gasteiger partial charge on any atom is -0.497 e. The summed E-state index contributed by atoms with van der Waals surface area (Å²) >= 11 is 0. The molecular weight excluding hydrogens is 435 g/mol. The number of halogens is 1. The van der Waals surface area contributed by atoms with E-state index in [2.05, 4.69) is 0 Å². The maximum atomic E-state index is 15.7. The highest BCUT2D eigenvalue weighted by molar-refractivity contribution is 5.91. The first-order valence-electron chi connectivity index (χ1n) is 12.2. The van der Waals surface area contributed by atoms with Crippen LogP contribution in [0.3, 0.4) is 0 Å². The molecular formula is C28H35FO5. The van der Waals surface area contributed by atoms with Crippen LogP contribution in [0.2, 0.25) is 0 Å². The number of carboxylic acid groups (broad SMARTS) is 1. The number of aliphatic carboxylic acids is 1. The summed E-state index contributed by atoms with van der Waals surface area (Å²) in [6.45, 7) is 2.00. The lowest BCUT2D eigenvalue weighted by molar-refractivity contribution is -0.158. The number of aryl methyl sites for hydroxylation is 1. The second kappa shape index (κ2) is 12.0. The van der Waals surface area contributed by atoms with Gasteiger partial charge >= 0.3 is 11.9 Å². The van der Waals surface area contributed by atoms with Gasteiger partial charge in [-0.15, -0.1) is 0 Å². The fraction of sp³-hybridized carbons (Fsp3) is 0.500. The molecule has 6 heteroatoms. The molecule has 1 saturated carbocycles. The van der Waals surface area contributed by atoms with Crippen molar-refractivity contribution in [3.8, 4) is 11.5 Å². The van der Waals surface area contributed by atoms with Crippen molar-refractivity contribution in [3.05, 3.63) is 59.7 Å². The number of carbonyl (C=O) groups excluding carboxylic acids is 1. The van der Waals surface area contributed by atoms with E-state index in [0.29, 0.717) is 42.7 Å². The largest absolute Gasteiger partial charge is 0.497 e. The molecule has 1 aliphatic rings. The van der Waals surface area contributed by atoms with Crippen molar-refractivity contribution < 1.29 is 28.6 Å². The van der Waals surface area contributed by atoms with Crippen LogP contribution in [0.25, 0.3) is 0 Å². The molecule has 0 aliphatic heterocycles. The van der Waals surface area contributed by atoms with Crippen LogP contribution in [0.4, 0.5) is 4.39 Å². The Labute approximate surface area is 201 Å². The summed E-state index contributed by atoms with van der Waals surface area (Å²) in [5.41, 5.74) is -0.664. The lowest BCUT2D eigenvalue weighted by Crippen LogP contribution is -2.44. The first kappa shape index (κ1) is 25.7. The van der Waals surface area contributed by atoms with Crippen molar-refractivity contribution >= 4 is 11.9 Å². The normalized spacial score (nSPS) is 16.9. The summed E-state index contributed by atoms with van der Waals surface area (Å²) in [6, 6.07) is 14.0. The van der Waals surface area contributed by atoms with Gasteiger partial charge in [0.1, 0.15) is 11.5 Å². The van der Waals surface area contributed by atoms with E-state index in [1.165, 1.54) is 0 Å². The predicted octanol–water partition coefficient (Wildman–Crippen LogP) is 6.64. The zero-order valence-corrected chi connectivity index (χ0v) is 20.1. The van der Waals surface area contributed by atoms with E-state index in [9.17, 15) is 14.7 Å². The number of hydrogen-bond acceptors (Lipinski definition) is 4. The highest BCUT2D eigenvalue weighted by Gasteiger charge is 2.47. The molecule has 1 fully saturated rings. The van der Waals surface area contributed by atoms with Crippen molar-refractivity contribution in [1.29, 1.82) is 0 Å². The van der Waals surface area contributed by atoms with Gasteiger partial charge in [0.2, 0.25) is 5.67 Å². The molecule has 0 spiro atoms. The Morgan fingerprint density at radius 2 is 1.65 bits per heavy atom. The summed E-state index contributed by atoms with van der Waals surface area (Å²) in [4.78, 5) is 24.2. The Hall–Kier alpha value is -2.89. The standard InChI is InChI=1S/C28H35FO5/c1-3-20(19-28(29,27(31)32)23-7-5-4-6-8-23)9-10-21-11-15-25(16-12-21)34-26(30)22-13-17-24(33-2)18-14-22/h11-18,20,23H,3-10,19H2,1-2H3,(H,31,32)/t20?,28-/m0/s1. The van der Waals surface area contributed by atoms with Gasteiger partial charge in [0.05, 0.1) is 12.7 Å². The van der Waals surface area contributed by atoms with Gasteiger partial charge in [-0.25, -0.2) is 14.0 Å². The number of ether oxygens (including phenoxy) is 2. The van der Waals surface area contributed by atoms with Gasteiger partial charge in [-0.2, -0.15) is 0 Å². The Kier molecular flexibility index (Phi) is 9.08. The summed E-state index contributed by atoms with van der Waals surface area (Å²) in [5.74, 6) is -1.03. The highest BCUT2D eigenvalue weighted by Crippen LogP contribution is 2.41. The monoisotopic (exact) mass is 470 g/mol. The van der Waals surface area contributed by atoms with E-state index in [1.807, 2.05) is 19.1 Å². The van der Waals surface area contributed by atoms with E-state index >= 15 is 4.39 Å². The molecule has 1 N–H and O–H groups in total. The Bertz CT molecular complexity index is 934. The minimum atomic E-state index is -2.14. The molecule has 2 aromatic carbocycles. The van der Waals surface area contributed by atoms with Crippen molar-refractivity contribution in [1.82, 2.24) is 0 Å². The molecule has 2 atom stereocenters.